The maximum atomic E-state index is 11.6. The summed E-state index contributed by atoms with van der Waals surface area (Å²) in [6.07, 6.45) is 3.85. The first-order valence-electron chi connectivity index (χ1n) is 5.84. The quantitative estimate of drug-likeness (QED) is 0.780. The number of hydrogen-bond donors (Lipinski definition) is 0. The summed E-state index contributed by atoms with van der Waals surface area (Å²) in [6.45, 7) is 1.75. The average molecular weight is 219 g/mol. The lowest BCUT2D eigenvalue weighted by atomic mass is 10.1. The number of hydrogen-bond acceptors (Lipinski definition) is 3. The van der Waals surface area contributed by atoms with Crippen LogP contribution in [0.2, 0.25) is 0 Å². The van der Waals surface area contributed by atoms with Gasteiger partial charge in [-0.15, -0.1) is 5.06 Å². The molecule has 0 bridgehead atoms. The summed E-state index contributed by atoms with van der Waals surface area (Å²) in [5.41, 5.74) is 1.00. The van der Waals surface area contributed by atoms with Crippen LogP contribution in [0.25, 0.3) is 0 Å². The molecule has 0 aliphatic carbocycles. The van der Waals surface area contributed by atoms with E-state index >= 15 is 0 Å². The number of carbonyl (C=O) groups excluding carboxylic acids is 1. The standard InChI is InChI=1S/C13H17NO2/c15-13(11-12-7-3-1-4-8-12)16-14-9-5-2-6-10-14/h1,3-4,7-8H,2,5-6,9-11H2. The summed E-state index contributed by atoms with van der Waals surface area (Å²) in [5.74, 6) is -0.159. The van der Waals surface area contributed by atoms with Gasteiger partial charge in [-0.05, 0) is 18.4 Å². The zero-order valence-electron chi connectivity index (χ0n) is 9.39. The molecule has 0 spiro atoms. The van der Waals surface area contributed by atoms with Gasteiger partial charge in [0, 0.05) is 13.1 Å². The first kappa shape index (κ1) is 11.1. The molecule has 3 heteroatoms. The fourth-order valence-corrected chi connectivity index (χ4v) is 1.89. The van der Waals surface area contributed by atoms with Gasteiger partial charge in [0.2, 0.25) is 0 Å². The second-order valence-electron chi connectivity index (χ2n) is 4.12. The van der Waals surface area contributed by atoms with Crippen molar-refractivity contribution in [1.82, 2.24) is 5.06 Å². The Morgan fingerprint density at radius 3 is 2.50 bits per heavy atom. The Balaban J connectivity index is 1.80. The van der Waals surface area contributed by atoms with Crippen molar-refractivity contribution in [3.8, 4) is 0 Å². The van der Waals surface area contributed by atoms with Gasteiger partial charge in [-0.2, -0.15) is 0 Å². The third-order valence-electron chi connectivity index (χ3n) is 2.74. The fourth-order valence-electron chi connectivity index (χ4n) is 1.89. The minimum Gasteiger partial charge on any atom is -0.368 e. The summed E-state index contributed by atoms with van der Waals surface area (Å²) in [5, 5.41) is 1.79. The molecule has 1 aromatic rings. The Hall–Kier alpha value is -1.35. The fraction of sp³-hybridized carbons (Fsp3) is 0.462. The van der Waals surface area contributed by atoms with Crippen LogP contribution in [0, 0.1) is 0 Å². The number of carbonyl (C=O) groups is 1. The van der Waals surface area contributed by atoms with Gasteiger partial charge >= 0.3 is 5.97 Å². The van der Waals surface area contributed by atoms with Crippen LogP contribution in [0.4, 0.5) is 0 Å². The zero-order valence-corrected chi connectivity index (χ0v) is 9.39. The van der Waals surface area contributed by atoms with E-state index in [1.165, 1.54) is 6.42 Å². The molecule has 0 amide bonds. The molecule has 0 atom stereocenters. The SMILES string of the molecule is O=C(Cc1ccccc1)ON1CCCCC1. The minimum atomic E-state index is -0.159. The number of benzene rings is 1. The second-order valence-corrected chi connectivity index (χ2v) is 4.12. The highest BCUT2D eigenvalue weighted by atomic mass is 16.7. The van der Waals surface area contributed by atoms with E-state index in [0.717, 1.165) is 31.5 Å². The first-order valence-corrected chi connectivity index (χ1v) is 5.84. The van der Waals surface area contributed by atoms with Crippen LogP contribution in [-0.4, -0.2) is 24.1 Å². The van der Waals surface area contributed by atoms with Crippen molar-refractivity contribution in [2.75, 3.05) is 13.1 Å². The van der Waals surface area contributed by atoms with Gasteiger partial charge in [0.15, 0.2) is 0 Å². The van der Waals surface area contributed by atoms with E-state index in [9.17, 15) is 4.79 Å². The Bertz CT molecular complexity index is 331. The molecule has 0 unspecified atom stereocenters. The van der Waals surface area contributed by atoms with E-state index in [1.807, 2.05) is 30.3 Å². The minimum absolute atomic E-state index is 0.159. The summed E-state index contributed by atoms with van der Waals surface area (Å²) in [4.78, 5) is 16.9. The number of nitrogens with zero attached hydrogens (tertiary/aromatic N) is 1. The van der Waals surface area contributed by atoms with Crippen molar-refractivity contribution in [3.05, 3.63) is 35.9 Å². The maximum Gasteiger partial charge on any atom is 0.329 e. The van der Waals surface area contributed by atoms with Gasteiger partial charge in [-0.1, -0.05) is 36.8 Å². The summed E-state index contributed by atoms with van der Waals surface area (Å²) < 4.78 is 0. The number of hydroxylamine groups is 2. The van der Waals surface area contributed by atoms with Crippen LogP contribution in [0.3, 0.4) is 0 Å². The molecule has 2 rings (SSSR count). The van der Waals surface area contributed by atoms with Gasteiger partial charge in [0.05, 0.1) is 6.42 Å². The van der Waals surface area contributed by atoms with E-state index in [4.69, 9.17) is 4.84 Å². The molecule has 1 aliphatic heterocycles. The van der Waals surface area contributed by atoms with E-state index in [0.29, 0.717) is 6.42 Å². The monoisotopic (exact) mass is 219 g/mol. The zero-order chi connectivity index (χ0) is 11.2. The van der Waals surface area contributed by atoms with Gasteiger partial charge in [0.1, 0.15) is 0 Å². The van der Waals surface area contributed by atoms with Crippen molar-refractivity contribution in [3.63, 3.8) is 0 Å². The highest BCUT2D eigenvalue weighted by molar-refractivity contribution is 5.72. The van der Waals surface area contributed by atoms with E-state index < -0.39 is 0 Å². The van der Waals surface area contributed by atoms with Crippen molar-refractivity contribution in [2.24, 2.45) is 0 Å². The maximum absolute atomic E-state index is 11.6. The first-order chi connectivity index (χ1) is 7.84. The molecule has 1 heterocycles. The lowest BCUT2D eigenvalue weighted by molar-refractivity contribution is -0.193. The van der Waals surface area contributed by atoms with Gasteiger partial charge in [-0.3, -0.25) is 0 Å². The smallest absolute Gasteiger partial charge is 0.329 e. The van der Waals surface area contributed by atoms with Gasteiger partial charge in [0.25, 0.3) is 0 Å². The summed E-state index contributed by atoms with van der Waals surface area (Å²) in [7, 11) is 0. The molecule has 3 nitrogen and oxygen atoms in total. The molecular weight excluding hydrogens is 202 g/mol. The molecule has 86 valence electrons. The Morgan fingerprint density at radius 2 is 1.81 bits per heavy atom. The lowest BCUT2D eigenvalue weighted by Crippen LogP contribution is -2.32. The third kappa shape index (κ3) is 3.35. The van der Waals surface area contributed by atoms with Crippen molar-refractivity contribution < 1.29 is 9.63 Å². The predicted octanol–water partition coefficient (Wildman–Crippen LogP) is 2.17. The third-order valence-corrected chi connectivity index (χ3v) is 2.74. The molecule has 1 aliphatic rings. The van der Waals surface area contributed by atoms with Crippen LogP contribution >= 0.6 is 0 Å². The average Bonchev–Trinajstić information content (AvgIpc) is 2.31. The summed E-state index contributed by atoms with van der Waals surface area (Å²) in [6, 6.07) is 9.70. The Kier molecular flexibility index (Phi) is 3.94. The van der Waals surface area contributed by atoms with Crippen LogP contribution in [-0.2, 0) is 16.1 Å². The molecule has 0 radical (unpaired) electrons. The normalized spacial score (nSPS) is 17.0. The van der Waals surface area contributed by atoms with Crippen LogP contribution in [0.5, 0.6) is 0 Å². The molecule has 0 N–H and O–H groups in total. The van der Waals surface area contributed by atoms with Gasteiger partial charge < -0.3 is 4.84 Å². The topological polar surface area (TPSA) is 29.5 Å². The molecule has 16 heavy (non-hydrogen) atoms. The molecule has 0 saturated carbocycles. The van der Waals surface area contributed by atoms with Crippen LogP contribution in [0.1, 0.15) is 24.8 Å². The molecule has 1 saturated heterocycles. The second kappa shape index (κ2) is 5.66. The van der Waals surface area contributed by atoms with Crippen LogP contribution in [0.15, 0.2) is 30.3 Å². The Morgan fingerprint density at radius 1 is 1.12 bits per heavy atom. The number of rotatable bonds is 3. The number of piperidine rings is 1. The highest BCUT2D eigenvalue weighted by Crippen LogP contribution is 2.10. The van der Waals surface area contributed by atoms with E-state index in [1.54, 1.807) is 5.06 Å². The van der Waals surface area contributed by atoms with Crippen molar-refractivity contribution in [1.29, 1.82) is 0 Å². The van der Waals surface area contributed by atoms with Crippen LogP contribution < -0.4 is 0 Å². The molecular formula is C13H17NO2. The Labute approximate surface area is 96.0 Å². The molecule has 1 fully saturated rings. The largest absolute Gasteiger partial charge is 0.368 e. The van der Waals surface area contributed by atoms with Crippen molar-refractivity contribution >= 4 is 5.97 Å². The molecule has 1 aromatic carbocycles. The van der Waals surface area contributed by atoms with E-state index in [-0.39, 0.29) is 5.97 Å². The summed E-state index contributed by atoms with van der Waals surface area (Å²) >= 11 is 0. The van der Waals surface area contributed by atoms with Crippen molar-refractivity contribution in [2.45, 2.75) is 25.7 Å². The highest BCUT2D eigenvalue weighted by Gasteiger charge is 2.14. The molecule has 0 aromatic heterocycles. The predicted molar refractivity (Wildman–Crippen MR) is 61.7 cm³/mol. The van der Waals surface area contributed by atoms with Gasteiger partial charge in [-0.25, -0.2) is 4.79 Å². The van der Waals surface area contributed by atoms with E-state index in [2.05, 4.69) is 0 Å². The lowest BCUT2D eigenvalue weighted by Gasteiger charge is -2.24.